The van der Waals surface area contributed by atoms with Crippen molar-refractivity contribution in [2.24, 2.45) is 0 Å². The van der Waals surface area contributed by atoms with Gasteiger partial charge in [-0.1, -0.05) is 18.2 Å². The van der Waals surface area contributed by atoms with Crippen LogP contribution in [0.1, 0.15) is 53.5 Å². The third-order valence-corrected chi connectivity index (χ3v) is 2.96. The van der Waals surface area contributed by atoms with Crippen molar-refractivity contribution in [1.82, 2.24) is 5.32 Å². The summed E-state index contributed by atoms with van der Waals surface area (Å²) in [6.07, 6.45) is 3.83. The van der Waals surface area contributed by atoms with Gasteiger partial charge in [0.1, 0.15) is 5.60 Å². The summed E-state index contributed by atoms with van der Waals surface area (Å²) in [6, 6.07) is 4.91. The van der Waals surface area contributed by atoms with Gasteiger partial charge in [-0.2, -0.15) is 0 Å². The summed E-state index contributed by atoms with van der Waals surface area (Å²) >= 11 is 0. The summed E-state index contributed by atoms with van der Waals surface area (Å²) in [6.45, 7) is 5.85. The molecular formula is C17H19NO5. The Bertz CT molecular complexity index is 670. The van der Waals surface area contributed by atoms with E-state index in [4.69, 9.17) is 4.74 Å². The fourth-order valence-corrected chi connectivity index (χ4v) is 2.00. The Morgan fingerprint density at radius 2 is 1.91 bits per heavy atom. The molecule has 1 aromatic carbocycles. The predicted molar refractivity (Wildman–Crippen MR) is 84.1 cm³/mol. The van der Waals surface area contributed by atoms with Gasteiger partial charge in [0.15, 0.2) is 0 Å². The summed E-state index contributed by atoms with van der Waals surface area (Å²) in [7, 11) is 0. The van der Waals surface area contributed by atoms with Gasteiger partial charge in [-0.25, -0.2) is 14.4 Å². The number of esters is 2. The maximum Gasteiger partial charge on any atom is 0.407 e. The van der Waals surface area contributed by atoms with E-state index in [-0.39, 0.29) is 5.56 Å². The van der Waals surface area contributed by atoms with E-state index >= 15 is 0 Å². The quantitative estimate of drug-likeness (QED) is 0.524. The molecule has 1 aromatic rings. The minimum atomic E-state index is -0.619. The molecule has 0 atom stereocenters. The van der Waals surface area contributed by atoms with E-state index in [1.165, 1.54) is 0 Å². The van der Waals surface area contributed by atoms with E-state index in [0.29, 0.717) is 18.5 Å². The van der Waals surface area contributed by atoms with Crippen molar-refractivity contribution in [3.63, 3.8) is 0 Å². The largest absolute Gasteiger partial charge is 0.444 e. The van der Waals surface area contributed by atoms with Gasteiger partial charge in [-0.05, 0) is 44.9 Å². The van der Waals surface area contributed by atoms with Crippen molar-refractivity contribution in [1.29, 1.82) is 0 Å². The summed E-state index contributed by atoms with van der Waals surface area (Å²) < 4.78 is 9.65. The average molecular weight is 317 g/mol. The Hall–Kier alpha value is -2.63. The second-order valence-corrected chi connectivity index (χ2v) is 6.10. The van der Waals surface area contributed by atoms with Crippen LogP contribution in [0.5, 0.6) is 0 Å². The van der Waals surface area contributed by atoms with Crippen molar-refractivity contribution in [2.75, 3.05) is 6.54 Å². The molecule has 0 bridgehead atoms. The molecule has 122 valence electrons. The maximum atomic E-state index is 11.5. The average Bonchev–Trinajstić information content (AvgIpc) is 2.71. The summed E-state index contributed by atoms with van der Waals surface area (Å²) in [5.41, 5.74) is 0.839. The Kier molecular flexibility index (Phi) is 4.83. The lowest BCUT2D eigenvalue weighted by atomic mass is 10.1. The number of rotatable bonds is 4. The molecule has 6 heteroatoms. The van der Waals surface area contributed by atoms with Gasteiger partial charge in [0.2, 0.25) is 0 Å². The van der Waals surface area contributed by atoms with Gasteiger partial charge in [-0.3, -0.25) is 0 Å². The topological polar surface area (TPSA) is 81.7 Å². The lowest BCUT2D eigenvalue weighted by Crippen LogP contribution is -2.32. The van der Waals surface area contributed by atoms with Crippen LogP contribution in [0.25, 0.3) is 6.08 Å². The maximum absolute atomic E-state index is 11.5. The van der Waals surface area contributed by atoms with E-state index in [9.17, 15) is 14.4 Å². The fraction of sp³-hybridized carbons (Fsp3) is 0.353. The first-order valence-electron chi connectivity index (χ1n) is 7.30. The molecule has 1 N–H and O–H groups in total. The van der Waals surface area contributed by atoms with E-state index in [1.54, 1.807) is 39.0 Å². The van der Waals surface area contributed by atoms with Crippen molar-refractivity contribution in [2.45, 2.75) is 32.8 Å². The molecule has 0 aliphatic carbocycles. The number of fused-ring (bicyclic) bond motifs is 1. The standard InChI is InChI=1S/C17H19NO5/c1-17(2,3)23-16(21)18-9-5-4-6-11-7-8-12-13(10-11)15(20)22-14(12)19/h4,6-8,10H,5,9H2,1-3H3,(H,18,21). The zero-order chi connectivity index (χ0) is 17.0. The molecule has 0 fully saturated rings. The minimum Gasteiger partial charge on any atom is -0.444 e. The highest BCUT2D eigenvalue weighted by molar-refractivity contribution is 6.14. The first kappa shape index (κ1) is 16.7. The highest BCUT2D eigenvalue weighted by Gasteiger charge is 2.29. The number of hydrogen-bond donors (Lipinski definition) is 1. The van der Waals surface area contributed by atoms with E-state index in [0.717, 1.165) is 5.56 Å². The van der Waals surface area contributed by atoms with Gasteiger partial charge < -0.3 is 14.8 Å². The van der Waals surface area contributed by atoms with E-state index in [2.05, 4.69) is 10.1 Å². The number of benzene rings is 1. The second kappa shape index (κ2) is 6.64. The second-order valence-electron chi connectivity index (χ2n) is 6.10. The smallest absolute Gasteiger partial charge is 0.407 e. The number of cyclic esters (lactones) is 2. The minimum absolute atomic E-state index is 0.282. The summed E-state index contributed by atoms with van der Waals surface area (Å²) in [5, 5.41) is 2.65. The van der Waals surface area contributed by atoms with Gasteiger partial charge in [0, 0.05) is 6.54 Å². The highest BCUT2D eigenvalue weighted by Crippen LogP contribution is 2.21. The molecule has 0 saturated carbocycles. The number of carbonyl (C=O) groups excluding carboxylic acids is 3. The van der Waals surface area contributed by atoms with Crippen LogP contribution in [0.4, 0.5) is 4.79 Å². The first-order chi connectivity index (χ1) is 10.8. The molecule has 0 unspecified atom stereocenters. The fourth-order valence-electron chi connectivity index (χ4n) is 2.00. The van der Waals surface area contributed by atoms with Crippen LogP contribution >= 0.6 is 0 Å². The predicted octanol–water partition coefficient (Wildman–Crippen LogP) is 2.93. The molecule has 23 heavy (non-hydrogen) atoms. The van der Waals surface area contributed by atoms with Crippen molar-refractivity contribution >= 4 is 24.1 Å². The van der Waals surface area contributed by atoms with Gasteiger partial charge in [0.25, 0.3) is 0 Å². The highest BCUT2D eigenvalue weighted by atomic mass is 16.6. The van der Waals surface area contributed by atoms with Gasteiger partial charge in [-0.15, -0.1) is 0 Å². The van der Waals surface area contributed by atoms with E-state index in [1.807, 2.05) is 12.2 Å². The Labute approximate surface area is 134 Å². The molecule has 0 spiro atoms. The summed E-state index contributed by atoms with van der Waals surface area (Å²) in [4.78, 5) is 34.2. The van der Waals surface area contributed by atoms with Crippen molar-refractivity contribution < 1.29 is 23.9 Å². The number of nitrogens with one attached hydrogen (secondary N) is 1. The number of alkyl carbamates (subject to hydrolysis) is 1. The molecule has 6 nitrogen and oxygen atoms in total. The number of hydrogen-bond acceptors (Lipinski definition) is 5. The van der Waals surface area contributed by atoms with Crippen molar-refractivity contribution in [3.8, 4) is 0 Å². The van der Waals surface area contributed by atoms with Crippen LogP contribution in [0.2, 0.25) is 0 Å². The lowest BCUT2D eigenvalue weighted by molar-refractivity contribution is 0.0441. The van der Waals surface area contributed by atoms with Crippen LogP contribution in [-0.4, -0.2) is 30.2 Å². The molecular weight excluding hydrogens is 298 g/mol. The molecule has 1 amide bonds. The zero-order valence-corrected chi connectivity index (χ0v) is 13.3. The Morgan fingerprint density at radius 1 is 1.22 bits per heavy atom. The van der Waals surface area contributed by atoms with Crippen LogP contribution in [0, 0.1) is 0 Å². The molecule has 1 heterocycles. The van der Waals surface area contributed by atoms with Crippen molar-refractivity contribution in [3.05, 3.63) is 41.0 Å². The number of ether oxygens (including phenoxy) is 2. The number of carbonyl (C=O) groups is 3. The van der Waals surface area contributed by atoms with Gasteiger partial charge in [0.05, 0.1) is 11.1 Å². The number of amides is 1. The first-order valence-corrected chi connectivity index (χ1v) is 7.30. The Morgan fingerprint density at radius 3 is 2.61 bits per heavy atom. The molecule has 0 aromatic heterocycles. The molecule has 0 saturated heterocycles. The van der Waals surface area contributed by atoms with E-state index < -0.39 is 23.6 Å². The normalized spacial score (nSPS) is 13.9. The molecule has 2 rings (SSSR count). The Balaban J connectivity index is 1.83. The SMILES string of the molecule is CC(C)(C)OC(=O)NCCC=Cc1ccc2c(c1)C(=O)OC2=O. The zero-order valence-electron chi connectivity index (χ0n) is 13.3. The molecule has 0 radical (unpaired) electrons. The van der Waals surface area contributed by atoms with Crippen LogP contribution in [-0.2, 0) is 9.47 Å². The van der Waals surface area contributed by atoms with Gasteiger partial charge >= 0.3 is 18.0 Å². The van der Waals surface area contributed by atoms with Crippen LogP contribution in [0.3, 0.4) is 0 Å². The third kappa shape index (κ3) is 4.67. The molecule has 1 aliphatic rings. The lowest BCUT2D eigenvalue weighted by Gasteiger charge is -2.19. The summed E-state index contributed by atoms with van der Waals surface area (Å²) in [5.74, 6) is -1.23. The third-order valence-electron chi connectivity index (χ3n) is 2.96. The van der Waals surface area contributed by atoms with Crippen LogP contribution < -0.4 is 5.32 Å². The van der Waals surface area contributed by atoms with Crippen LogP contribution in [0.15, 0.2) is 24.3 Å². The monoisotopic (exact) mass is 317 g/mol. The molecule has 1 aliphatic heterocycles.